The van der Waals surface area contributed by atoms with Crippen molar-refractivity contribution in [1.29, 1.82) is 0 Å². The minimum absolute atomic E-state index is 0.124. The molecule has 0 aliphatic carbocycles. The third-order valence-electron chi connectivity index (χ3n) is 2.67. The summed E-state index contributed by atoms with van der Waals surface area (Å²) in [7, 11) is 0. The van der Waals surface area contributed by atoms with Crippen molar-refractivity contribution in [1.82, 2.24) is 9.78 Å². The van der Waals surface area contributed by atoms with Crippen LogP contribution in [0.3, 0.4) is 0 Å². The predicted octanol–water partition coefficient (Wildman–Crippen LogP) is 2.08. The summed E-state index contributed by atoms with van der Waals surface area (Å²) in [5, 5.41) is 9.67. The lowest BCUT2D eigenvalue weighted by Crippen LogP contribution is -2.29. The average Bonchev–Trinajstić information content (AvgIpc) is 2.45. The number of aromatic nitrogens is 2. The smallest absolute Gasteiger partial charge is 0.269 e. The molecule has 0 fully saturated rings. The molecule has 6 nitrogen and oxygen atoms in total. The number of halogens is 1. The van der Waals surface area contributed by atoms with Gasteiger partial charge < -0.3 is 10.6 Å². The fraction of sp³-hybridized carbons (Fsp3) is 0.214. The van der Waals surface area contributed by atoms with Crippen molar-refractivity contribution in [3.05, 3.63) is 51.4 Å². The molecule has 1 aromatic heterocycles. The fourth-order valence-electron chi connectivity index (χ4n) is 1.72. The third kappa shape index (κ3) is 4.42. The Morgan fingerprint density at radius 2 is 2.00 bits per heavy atom. The van der Waals surface area contributed by atoms with Gasteiger partial charge in [0, 0.05) is 22.8 Å². The van der Waals surface area contributed by atoms with Gasteiger partial charge in [-0.1, -0.05) is 15.9 Å². The Morgan fingerprint density at radius 1 is 1.29 bits per heavy atom. The molecule has 0 bridgehead atoms. The SMILES string of the molecule is CCNc1cnn(CC(=O)Nc2ccc(Br)cc2)c(=O)c1. The van der Waals surface area contributed by atoms with Gasteiger partial charge in [0.05, 0.1) is 11.9 Å². The van der Waals surface area contributed by atoms with Crippen molar-refractivity contribution >= 4 is 33.2 Å². The van der Waals surface area contributed by atoms with E-state index in [0.29, 0.717) is 17.9 Å². The molecule has 0 aliphatic heterocycles. The molecule has 0 saturated carbocycles. The Hall–Kier alpha value is -2.15. The number of nitrogens with zero attached hydrogens (tertiary/aromatic N) is 2. The van der Waals surface area contributed by atoms with Gasteiger partial charge in [0.25, 0.3) is 5.56 Å². The highest BCUT2D eigenvalue weighted by Gasteiger charge is 2.06. The number of hydrogen-bond acceptors (Lipinski definition) is 4. The number of hydrogen-bond donors (Lipinski definition) is 2. The van der Waals surface area contributed by atoms with Gasteiger partial charge in [-0.15, -0.1) is 0 Å². The van der Waals surface area contributed by atoms with Crippen molar-refractivity contribution in [2.24, 2.45) is 0 Å². The van der Waals surface area contributed by atoms with E-state index in [2.05, 4.69) is 31.7 Å². The monoisotopic (exact) mass is 350 g/mol. The Balaban J connectivity index is 2.02. The van der Waals surface area contributed by atoms with Crippen molar-refractivity contribution < 1.29 is 4.79 Å². The second kappa shape index (κ2) is 7.03. The molecule has 0 radical (unpaired) electrons. The van der Waals surface area contributed by atoms with Crippen LogP contribution in [-0.2, 0) is 11.3 Å². The van der Waals surface area contributed by atoms with Crippen LogP contribution in [0.5, 0.6) is 0 Å². The minimum atomic E-state index is -0.320. The van der Waals surface area contributed by atoms with Gasteiger partial charge in [0.1, 0.15) is 6.54 Å². The van der Waals surface area contributed by atoms with Crippen LogP contribution in [0.25, 0.3) is 0 Å². The van der Waals surface area contributed by atoms with Gasteiger partial charge in [0.2, 0.25) is 5.91 Å². The van der Waals surface area contributed by atoms with E-state index in [1.54, 1.807) is 12.1 Å². The molecule has 0 aliphatic rings. The van der Waals surface area contributed by atoms with Crippen LogP contribution < -0.4 is 16.2 Å². The van der Waals surface area contributed by atoms with Crippen molar-refractivity contribution in [3.8, 4) is 0 Å². The molecule has 2 rings (SSSR count). The van der Waals surface area contributed by atoms with Gasteiger partial charge >= 0.3 is 0 Å². The van der Waals surface area contributed by atoms with Crippen LogP contribution in [0.2, 0.25) is 0 Å². The van der Waals surface area contributed by atoms with E-state index in [0.717, 1.165) is 9.15 Å². The number of amides is 1. The Bertz CT molecular complexity index is 682. The zero-order valence-electron chi connectivity index (χ0n) is 11.5. The number of nitrogens with one attached hydrogen (secondary N) is 2. The molecule has 0 spiro atoms. The van der Waals surface area contributed by atoms with E-state index >= 15 is 0 Å². The number of carbonyl (C=O) groups excluding carboxylic acids is 1. The summed E-state index contributed by atoms with van der Waals surface area (Å²) in [6.07, 6.45) is 1.53. The summed E-state index contributed by atoms with van der Waals surface area (Å²) < 4.78 is 2.05. The highest BCUT2D eigenvalue weighted by Crippen LogP contribution is 2.13. The van der Waals surface area contributed by atoms with E-state index in [1.165, 1.54) is 12.3 Å². The summed E-state index contributed by atoms with van der Waals surface area (Å²) >= 11 is 3.32. The summed E-state index contributed by atoms with van der Waals surface area (Å²) in [6.45, 7) is 2.51. The maximum absolute atomic E-state index is 11.9. The second-order valence-corrected chi connectivity index (χ2v) is 5.24. The average molecular weight is 351 g/mol. The lowest BCUT2D eigenvalue weighted by Gasteiger charge is -2.08. The number of rotatable bonds is 5. The molecule has 110 valence electrons. The van der Waals surface area contributed by atoms with E-state index in [4.69, 9.17) is 0 Å². The minimum Gasteiger partial charge on any atom is -0.384 e. The first-order chi connectivity index (χ1) is 10.1. The molecule has 1 heterocycles. The maximum atomic E-state index is 11.9. The standard InChI is InChI=1S/C14H15BrN4O2/c1-2-16-12-7-14(21)19(17-8-12)9-13(20)18-11-5-3-10(15)4-6-11/h3-8,16H,2,9H2,1H3,(H,18,20). The van der Waals surface area contributed by atoms with Crippen LogP contribution >= 0.6 is 15.9 Å². The molecule has 21 heavy (non-hydrogen) atoms. The van der Waals surface area contributed by atoms with E-state index in [1.807, 2.05) is 19.1 Å². The van der Waals surface area contributed by atoms with Crippen molar-refractivity contribution in [2.75, 3.05) is 17.2 Å². The van der Waals surface area contributed by atoms with Crippen molar-refractivity contribution in [2.45, 2.75) is 13.5 Å². The van der Waals surface area contributed by atoms with E-state index in [-0.39, 0.29) is 18.0 Å². The van der Waals surface area contributed by atoms with E-state index < -0.39 is 0 Å². The molecule has 0 unspecified atom stereocenters. The third-order valence-corrected chi connectivity index (χ3v) is 3.20. The van der Waals surface area contributed by atoms with E-state index in [9.17, 15) is 9.59 Å². The van der Waals surface area contributed by atoms with Crippen LogP contribution in [0.1, 0.15) is 6.92 Å². The fourth-order valence-corrected chi connectivity index (χ4v) is 1.99. The largest absolute Gasteiger partial charge is 0.384 e. The Labute approximate surface area is 130 Å². The van der Waals surface area contributed by atoms with Crippen LogP contribution in [-0.4, -0.2) is 22.2 Å². The molecule has 0 saturated heterocycles. The molecule has 1 amide bonds. The molecule has 1 aromatic carbocycles. The van der Waals surface area contributed by atoms with Gasteiger partial charge in [-0.3, -0.25) is 9.59 Å². The summed E-state index contributed by atoms with van der Waals surface area (Å²) in [5.41, 5.74) is 0.993. The summed E-state index contributed by atoms with van der Waals surface area (Å²) in [5.74, 6) is -0.303. The lowest BCUT2D eigenvalue weighted by molar-refractivity contribution is -0.117. The number of benzene rings is 1. The molecule has 7 heteroatoms. The zero-order valence-corrected chi connectivity index (χ0v) is 13.1. The van der Waals surface area contributed by atoms with Gasteiger partial charge in [-0.25, -0.2) is 4.68 Å². The number of anilines is 2. The first-order valence-electron chi connectivity index (χ1n) is 6.45. The van der Waals surface area contributed by atoms with Crippen LogP contribution in [0.15, 0.2) is 45.8 Å². The summed E-state index contributed by atoms with van der Waals surface area (Å²) in [6, 6.07) is 8.61. The quantitative estimate of drug-likeness (QED) is 0.865. The van der Waals surface area contributed by atoms with Crippen LogP contribution in [0, 0.1) is 0 Å². The van der Waals surface area contributed by atoms with Gasteiger partial charge in [-0.05, 0) is 31.2 Å². The first kappa shape index (κ1) is 15.2. The zero-order chi connectivity index (χ0) is 15.2. The van der Waals surface area contributed by atoms with Crippen molar-refractivity contribution in [3.63, 3.8) is 0 Å². The molecule has 2 aromatic rings. The highest BCUT2D eigenvalue weighted by molar-refractivity contribution is 9.10. The maximum Gasteiger partial charge on any atom is 0.269 e. The first-order valence-corrected chi connectivity index (χ1v) is 7.24. The normalized spacial score (nSPS) is 10.2. The van der Waals surface area contributed by atoms with Gasteiger partial charge in [0.15, 0.2) is 0 Å². The lowest BCUT2D eigenvalue weighted by atomic mass is 10.3. The second-order valence-electron chi connectivity index (χ2n) is 4.33. The predicted molar refractivity (Wildman–Crippen MR) is 85.4 cm³/mol. The Morgan fingerprint density at radius 3 is 2.62 bits per heavy atom. The Kier molecular flexibility index (Phi) is 5.10. The molecular formula is C14H15BrN4O2. The topological polar surface area (TPSA) is 76.0 Å². The summed E-state index contributed by atoms with van der Waals surface area (Å²) in [4.78, 5) is 23.7. The molecule has 0 atom stereocenters. The van der Waals surface area contributed by atoms with Crippen LogP contribution in [0.4, 0.5) is 11.4 Å². The molecular weight excluding hydrogens is 336 g/mol. The van der Waals surface area contributed by atoms with Gasteiger partial charge in [-0.2, -0.15) is 5.10 Å². The number of carbonyl (C=O) groups is 1. The molecule has 2 N–H and O–H groups in total. The highest BCUT2D eigenvalue weighted by atomic mass is 79.9.